The van der Waals surface area contributed by atoms with Gasteiger partial charge in [0, 0.05) is 31.2 Å². The summed E-state index contributed by atoms with van der Waals surface area (Å²) >= 11 is 0. The van der Waals surface area contributed by atoms with Crippen molar-refractivity contribution in [2.24, 2.45) is 0 Å². The molecule has 0 radical (unpaired) electrons. The number of benzene rings is 1. The molecule has 2 fully saturated rings. The van der Waals surface area contributed by atoms with Crippen LogP contribution in [0.25, 0.3) is 0 Å². The van der Waals surface area contributed by atoms with Crippen LogP contribution in [0.1, 0.15) is 27.1 Å². The Morgan fingerprint density at radius 3 is 2.44 bits per heavy atom. The van der Waals surface area contributed by atoms with Gasteiger partial charge in [-0.2, -0.15) is 0 Å². The number of piperazine rings is 1. The summed E-state index contributed by atoms with van der Waals surface area (Å²) in [5.41, 5.74) is 0.302. The number of hydrogen-bond acceptors (Lipinski definition) is 6. The van der Waals surface area contributed by atoms with Crippen LogP contribution >= 0.6 is 0 Å². The Balaban J connectivity index is 1.52. The standard InChI is InChI=1S/C18H15FN4O4/c19-12-4-10-11(5-14(12)22-7-8-3-9(22)6-20-8)18(27)23(17(10)26)13-1-2-15(24)21-16(13)25/h1-2,4-5,8-9,13,20H,3,6-7H2,(H,21,24,25)/t8-,9-,13?/m1/s1. The third-order valence-electron chi connectivity index (χ3n) is 5.57. The lowest BCUT2D eigenvalue weighted by Crippen LogP contribution is -2.51. The molecule has 1 aromatic rings. The van der Waals surface area contributed by atoms with Gasteiger partial charge in [-0.3, -0.25) is 29.4 Å². The van der Waals surface area contributed by atoms with Crippen molar-refractivity contribution in [3.05, 3.63) is 41.2 Å². The molecule has 2 saturated heterocycles. The lowest BCUT2D eigenvalue weighted by Gasteiger charge is -2.30. The lowest BCUT2D eigenvalue weighted by molar-refractivity contribution is -0.130. The van der Waals surface area contributed by atoms with Crippen LogP contribution in [0, 0.1) is 5.82 Å². The summed E-state index contributed by atoms with van der Waals surface area (Å²) in [6.07, 6.45) is 3.21. The molecule has 9 heteroatoms. The van der Waals surface area contributed by atoms with E-state index in [0.29, 0.717) is 18.3 Å². The second-order valence-electron chi connectivity index (χ2n) is 7.13. The zero-order valence-electron chi connectivity index (χ0n) is 14.1. The Hall–Kier alpha value is -3.07. The molecule has 8 nitrogen and oxygen atoms in total. The minimum absolute atomic E-state index is 0.0677. The summed E-state index contributed by atoms with van der Waals surface area (Å²) in [5, 5.41) is 5.39. The van der Waals surface area contributed by atoms with E-state index in [0.717, 1.165) is 30.0 Å². The van der Waals surface area contributed by atoms with Gasteiger partial charge >= 0.3 is 0 Å². The number of imide groups is 2. The van der Waals surface area contributed by atoms with Crippen LogP contribution in [-0.2, 0) is 9.59 Å². The number of rotatable bonds is 2. The molecule has 4 aliphatic heterocycles. The van der Waals surface area contributed by atoms with Crippen molar-refractivity contribution in [2.45, 2.75) is 24.5 Å². The number of fused-ring (bicyclic) bond motifs is 3. The first-order valence-corrected chi connectivity index (χ1v) is 8.68. The maximum Gasteiger partial charge on any atom is 0.262 e. The molecule has 2 bridgehead atoms. The van der Waals surface area contributed by atoms with Crippen molar-refractivity contribution in [1.82, 2.24) is 15.5 Å². The molecule has 2 N–H and O–H groups in total. The van der Waals surface area contributed by atoms with E-state index in [1.54, 1.807) is 0 Å². The van der Waals surface area contributed by atoms with Crippen molar-refractivity contribution in [3.8, 4) is 0 Å². The lowest BCUT2D eigenvalue weighted by atomic mass is 10.1. The number of carbonyl (C=O) groups is 4. The third-order valence-corrected chi connectivity index (χ3v) is 5.57. The number of anilines is 1. The molecular formula is C18H15FN4O4. The molecular weight excluding hydrogens is 355 g/mol. The smallest absolute Gasteiger partial charge is 0.262 e. The first-order valence-electron chi connectivity index (χ1n) is 8.68. The van der Waals surface area contributed by atoms with Gasteiger partial charge in [-0.1, -0.05) is 0 Å². The van der Waals surface area contributed by atoms with Crippen molar-refractivity contribution >= 4 is 29.3 Å². The fourth-order valence-corrected chi connectivity index (χ4v) is 4.30. The highest BCUT2D eigenvalue weighted by Crippen LogP contribution is 2.36. The van der Waals surface area contributed by atoms with Gasteiger partial charge in [0.05, 0.1) is 16.8 Å². The van der Waals surface area contributed by atoms with Gasteiger partial charge in [0.25, 0.3) is 17.7 Å². The fraction of sp³-hybridized carbons (Fsp3) is 0.333. The number of carbonyl (C=O) groups excluding carboxylic acids is 4. The average molecular weight is 370 g/mol. The van der Waals surface area contributed by atoms with E-state index in [1.807, 2.05) is 4.90 Å². The molecule has 1 unspecified atom stereocenters. The monoisotopic (exact) mass is 370 g/mol. The van der Waals surface area contributed by atoms with Gasteiger partial charge in [-0.15, -0.1) is 0 Å². The van der Waals surface area contributed by atoms with Crippen LogP contribution < -0.4 is 15.5 Å². The van der Waals surface area contributed by atoms with Crippen LogP contribution in [-0.4, -0.2) is 59.7 Å². The van der Waals surface area contributed by atoms with Gasteiger partial charge in [-0.25, -0.2) is 4.39 Å². The third kappa shape index (κ3) is 2.24. The maximum atomic E-state index is 14.7. The van der Waals surface area contributed by atoms with Gasteiger partial charge < -0.3 is 10.2 Å². The first-order chi connectivity index (χ1) is 12.9. The molecule has 4 aliphatic rings. The Labute approximate surface area is 153 Å². The maximum absolute atomic E-state index is 14.7. The molecule has 0 spiro atoms. The highest BCUT2D eigenvalue weighted by Gasteiger charge is 2.45. The van der Waals surface area contributed by atoms with E-state index < -0.39 is 35.5 Å². The number of nitrogens with zero attached hydrogens (tertiary/aromatic N) is 2. The van der Waals surface area contributed by atoms with Crippen molar-refractivity contribution < 1.29 is 23.6 Å². The van der Waals surface area contributed by atoms with Gasteiger partial charge in [-0.05, 0) is 24.6 Å². The molecule has 0 aliphatic carbocycles. The minimum Gasteiger partial charge on any atom is -0.363 e. The molecule has 138 valence electrons. The summed E-state index contributed by atoms with van der Waals surface area (Å²) in [6, 6.07) is 1.70. The molecule has 5 rings (SSSR count). The van der Waals surface area contributed by atoms with E-state index in [2.05, 4.69) is 10.6 Å². The second kappa shape index (κ2) is 5.46. The van der Waals surface area contributed by atoms with Crippen LogP contribution in [0.4, 0.5) is 10.1 Å². The summed E-state index contributed by atoms with van der Waals surface area (Å²) in [7, 11) is 0. The summed E-state index contributed by atoms with van der Waals surface area (Å²) in [5.74, 6) is -3.36. The zero-order valence-corrected chi connectivity index (χ0v) is 14.1. The predicted octanol–water partition coefficient (Wildman–Crippen LogP) is -0.447. The van der Waals surface area contributed by atoms with E-state index >= 15 is 0 Å². The minimum atomic E-state index is -1.23. The molecule has 27 heavy (non-hydrogen) atoms. The Morgan fingerprint density at radius 1 is 1.07 bits per heavy atom. The normalized spacial score (nSPS) is 29.0. The predicted molar refractivity (Wildman–Crippen MR) is 90.5 cm³/mol. The first kappa shape index (κ1) is 16.1. The number of hydrogen-bond donors (Lipinski definition) is 2. The van der Waals surface area contributed by atoms with Gasteiger partial charge in [0.2, 0.25) is 5.91 Å². The number of amides is 4. The SMILES string of the molecule is O=C1C=CC(N2C(=O)c3cc(F)c(N4C[C@H]5C[C@@H]4CN5)cc3C2=O)C(=O)N1. The van der Waals surface area contributed by atoms with Crippen LogP contribution in [0.15, 0.2) is 24.3 Å². The van der Waals surface area contributed by atoms with Crippen LogP contribution in [0.3, 0.4) is 0 Å². The van der Waals surface area contributed by atoms with Gasteiger partial charge in [0.15, 0.2) is 0 Å². The molecule has 4 amide bonds. The molecule has 0 saturated carbocycles. The van der Waals surface area contributed by atoms with Crippen molar-refractivity contribution in [3.63, 3.8) is 0 Å². The van der Waals surface area contributed by atoms with E-state index in [4.69, 9.17) is 0 Å². The second-order valence-corrected chi connectivity index (χ2v) is 7.13. The number of nitrogens with one attached hydrogen (secondary N) is 2. The summed E-state index contributed by atoms with van der Waals surface area (Å²) < 4.78 is 14.7. The highest BCUT2D eigenvalue weighted by molar-refractivity contribution is 6.24. The fourth-order valence-electron chi connectivity index (χ4n) is 4.30. The molecule has 0 aromatic heterocycles. The van der Waals surface area contributed by atoms with Gasteiger partial charge in [0.1, 0.15) is 11.9 Å². The van der Waals surface area contributed by atoms with E-state index in [-0.39, 0.29) is 17.2 Å². The molecule has 3 atom stereocenters. The molecule has 1 aromatic carbocycles. The van der Waals surface area contributed by atoms with Crippen molar-refractivity contribution in [2.75, 3.05) is 18.0 Å². The largest absolute Gasteiger partial charge is 0.363 e. The average Bonchev–Trinajstić information content (AvgIpc) is 3.31. The summed E-state index contributed by atoms with van der Waals surface area (Å²) in [4.78, 5) is 51.5. The van der Waals surface area contributed by atoms with Crippen LogP contribution in [0.5, 0.6) is 0 Å². The number of halogens is 1. The summed E-state index contributed by atoms with van der Waals surface area (Å²) in [6.45, 7) is 1.39. The highest BCUT2D eigenvalue weighted by atomic mass is 19.1. The zero-order chi connectivity index (χ0) is 18.9. The Kier molecular flexibility index (Phi) is 3.26. The Morgan fingerprint density at radius 2 is 1.81 bits per heavy atom. The van der Waals surface area contributed by atoms with Crippen molar-refractivity contribution in [1.29, 1.82) is 0 Å². The molecule has 4 heterocycles. The van der Waals surface area contributed by atoms with E-state index in [1.165, 1.54) is 12.1 Å². The quantitative estimate of drug-likeness (QED) is 0.685. The topological polar surface area (TPSA) is 98.8 Å². The van der Waals surface area contributed by atoms with Crippen LogP contribution in [0.2, 0.25) is 0 Å². The Bertz CT molecular complexity index is 959. The van der Waals surface area contributed by atoms with E-state index in [9.17, 15) is 23.6 Å².